The molecule has 0 aliphatic heterocycles. The first-order chi connectivity index (χ1) is 9.49. The lowest BCUT2D eigenvalue weighted by Gasteiger charge is -2.20. The lowest BCUT2D eigenvalue weighted by Crippen LogP contribution is -2.36. The zero-order valence-electron chi connectivity index (χ0n) is 12.2. The molecule has 0 fully saturated rings. The summed E-state index contributed by atoms with van der Waals surface area (Å²) < 4.78 is 0. The quantitative estimate of drug-likeness (QED) is 0.800. The number of aromatic amines is 1. The molecule has 0 unspecified atom stereocenters. The molecule has 1 aromatic heterocycles. The summed E-state index contributed by atoms with van der Waals surface area (Å²) in [5.74, 6) is 0.936. The molecule has 1 heterocycles. The van der Waals surface area contributed by atoms with Crippen molar-refractivity contribution < 1.29 is 4.79 Å². The predicted molar refractivity (Wildman–Crippen MR) is 80.2 cm³/mol. The number of carbonyl (C=O) groups excluding carboxylic acids is 1. The molecule has 3 N–H and O–H groups in total. The van der Waals surface area contributed by atoms with Gasteiger partial charge in [-0.2, -0.15) is 0 Å². The van der Waals surface area contributed by atoms with Gasteiger partial charge in [0, 0.05) is 19.8 Å². The first-order valence-corrected chi connectivity index (χ1v) is 6.66. The molecule has 2 rings (SSSR count). The Morgan fingerprint density at radius 3 is 2.80 bits per heavy atom. The van der Waals surface area contributed by atoms with Crippen molar-refractivity contribution in [3.63, 3.8) is 0 Å². The first kappa shape index (κ1) is 14.3. The number of fused-ring (bicyclic) bond motifs is 1. The molecule has 0 atom stereocenters. The van der Waals surface area contributed by atoms with Crippen molar-refractivity contribution >= 4 is 22.6 Å². The van der Waals surface area contributed by atoms with Crippen LogP contribution in [-0.4, -0.2) is 52.9 Å². The predicted octanol–water partition coefficient (Wildman–Crippen LogP) is 1.06. The minimum absolute atomic E-state index is 0.0900. The van der Waals surface area contributed by atoms with Gasteiger partial charge in [0.05, 0.1) is 24.1 Å². The maximum atomic E-state index is 11.8. The highest BCUT2D eigenvalue weighted by Gasteiger charge is 2.13. The second-order valence-corrected chi connectivity index (χ2v) is 5.05. The van der Waals surface area contributed by atoms with Crippen molar-refractivity contribution in [2.75, 3.05) is 32.9 Å². The van der Waals surface area contributed by atoms with E-state index in [2.05, 4.69) is 9.97 Å². The van der Waals surface area contributed by atoms with E-state index in [1.165, 1.54) is 0 Å². The van der Waals surface area contributed by atoms with Crippen molar-refractivity contribution in [1.29, 1.82) is 0 Å². The number of nitrogens with two attached hydrogens (primary N) is 1. The fourth-order valence-electron chi connectivity index (χ4n) is 1.98. The summed E-state index contributed by atoms with van der Waals surface area (Å²) in [5, 5.41) is 0. The molecular formula is C14H21N5O. The van der Waals surface area contributed by atoms with Crippen molar-refractivity contribution in [1.82, 2.24) is 19.8 Å². The van der Waals surface area contributed by atoms with Gasteiger partial charge in [0.2, 0.25) is 5.91 Å². The molecule has 0 radical (unpaired) electrons. The van der Waals surface area contributed by atoms with E-state index < -0.39 is 0 Å². The number of likely N-dealkylation sites (N-methyl/N-ethyl adjacent to an activating group) is 2. The van der Waals surface area contributed by atoms with Gasteiger partial charge >= 0.3 is 0 Å². The Bertz CT molecular complexity index is 605. The van der Waals surface area contributed by atoms with E-state index in [9.17, 15) is 4.79 Å². The molecule has 0 spiro atoms. The van der Waals surface area contributed by atoms with Crippen LogP contribution in [0.15, 0.2) is 18.2 Å². The first-order valence-electron chi connectivity index (χ1n) is 6.66. The summed E-state index contributed by atoms with van der Waals surface area (Å²) in [6.45, 7) is 3.83. The fraction of sp³-hybridized carbons (Fsp3) is 0.429. The van der Waals surface area contributed by atoms with Crippen LogP contribution in [-0.2, 0) is 11.3 Å². The number of nitrogen functional groups attached to an aromatic ring is 1. The highest BCUT2D eigenvalue weighted by molar-refractivity contribution is 5.79. The summed E-state index contributed by atoms with van der Waals surface area (Å²) in [7, 11) is 3.53. The Kier molecular flexibility index (Phi) is 4.24. The minimum Gasteiger partial charge on any atom is -0.399 e. The Labute approximate surface area is 118 Å². The molecule has 6 heteroatoms. The number of benzene rings is 1. The van der Waals surface area contributed by atoms with Crippen LogP contribution in [0.3, 0.4) is 0 Å². The smallest absolute Gasteiger partial charge is 0.236 e. The van der Waals surface area contributed by atoms with E-state index in [-0.39, 0.29) is 5.91 Å². The highest BCUT2D eigenvalue weighted by atomic mass is 16.2. The summed E-state index contributed by atoms with van der Waals surface area (Å²) in [6.07, 6.45) is 0. The third kappa shape index (κ3) is 3.27. The van der Waals surface area contributed by atoms with E-state index in [0.29, 0.717) is 18.8 Å². The molecule has 0 aliphatic rings. The minimum atomic E-state index is 0.0900. The van der Waals surface area contributed by atoms with Crippen LogP contribution in [0, 0.1) is 0 Å². The third-order valence-corrected chi connectivity index (χ3v) is 3.23. The Morgan fingerprint density at radius 2 is 2.15 bits per heavy atom. The second kappa shape index (κ2) is 5.92. The van der Waals surface area contributed by atoms with E-state index >= 15 is 0 Å². The summed E-state index contributed by atoms with van der Waals surface area (Å²) >= 11 is 0. The van der Waals surface area contributed by atoms with E-state index in [0.717, 1.165) is 23.4 Å². The van der Waals surface area contributed by atoms with Crippen LogP contribution < -0.4 is 5.73 Å². The molecule has 1 aromatic carbocycles. The molecule has 2 aromatic rings. The van der Waals surface area contributed by atoms with Gasteiger partial charge < -0.3 is 15.6 Å². The fourth-order valence-corrected chi connectivity index (χ4v) is 1.98. The molecule has 1 amide bonds. The standard InChI is InChI=1S/C14H21N5O/c1-4-19(9-14(20)18(2)3)8-13-16-11-6-5-10(15)7-12(11)17-13/h5-7H,4,8-9,15H2,1-3H3,(H,16,17). The van der Waals surface area contributed by atoms with Gasteiger partial charge in [-0.1, -0.05) is 6.92 Å². The number of amides is 1. The normalized spacial score (nSPS) is 11.2. The number of imidazole rings is 1. The summed E-state index contributed by atoms with van der Waals surface area (Å²) in [4.78, 5) is 23.2. The zero-order chi connectivity index (χ0) is 14.7. The van der Waals surface area contributed by atoms with Gasteiger partial charge in [-0.05, 0) is 24.7 Å². The highest BCUT2D eigenvalue weighted by Crippen LogP contribution is 2.15. The van der Waals surface area contributed by atoms with Crippen LogP contribution in [0.25, 0.3) is 11.0 Å². The van der Waals surface area contributed by atoms with Crippen LogP contribution >= 0.6 is 0 Å². The molecule has 0 aliphatic carbocycles. The lowest BCUT2D eigenvalue weighted by molar-refractivity contribution is -0.130. The number of aromatic nitrogens is 2. The van der Waals surface area contributed by atoms with Crippen molar-refractivity contribution in [3.8, 4) is 0 Å². The van der Waals surface area contributed by atoms with E-state index in [1.807, 2.05) is 30.0 Å². The molecule has 0 bridgehead atoms. The van der Waals surface area contributed by atoms with Gasteiger partial charge in [0.1, 0.15) is 5.82 Å². The van der Waals surface area contributed by atoms with Gasteiger partial charge in [-0.15, -0.1) is 0 Å². The molecule has 6 nitrogen and oxygen atoms in total. The molecular weight excluding hydrogens is 254 g/mol. The average Bonchev–Trinajstić information content (AvgIpc) is 2.78. The Balaban J connectivity index is 2.11. The van der Waals surface area contributed by atoms with Crippen LogP contribution in [0.1, 0.15) is 12.7 Å². The van der Waals surface area contributed by atoms with Gasteiger partial charge in [-0.25, -0.2) is 4.98 Å². The maximum Gasteiger partial charge on any atom is 0.236 e. The lowest BCUT2D eigenvalue weighted by atomic mass is 10.3. The van der Waals surface area contributed by atoms with Crippen molar-refractivity contribution in [2.24, 2.45) is 0 Å². The second-order valence-electron chi connectivity index (χ2n) is 5.05. The molecule has 20 heavy (non-hydrogen) atoms. The summed E-state index contributed by atoms with van der Waals surface area (Å²) in [6, 6.07) is 5.60. The number of hydrogen-bond donors (Lipinski definition) is 2. The average molecular weight is 275 g/mol. The number of anilines is 1. The number of H-pyrrole nitrogens is 1. The number of hydrogen-bond acceptors (Lipinski definition) is 4. The molecule has 0 saturated carbocycles. The van der Waals surface area contributed by atoms with Crippen LogP contribution in [0.5, 0.6) is 0 Å². The zero-order valence-corrected chi connectivity index (χ0v) is 12.2. The van der Waals surface area contributed by atoms with Crippen LogP contribution in [0.2, 0.25) is 0 Å². The SMILES string of the molecule is CCN(CC(=O)N(C)C)Cc1nc2ccc(N)cc2[nH]1. The monoisotopic (exact) mass is 275 g/mol. The maximum absolute atomic E-state index is 11.8. The van der Waals surface area contributed by atoms with E-state index in [1.54, 1.807) is 19.0 Å². The number of nitrogens with zero attached hydrogens (tertiary/aromatic N) is 3. The third-order valence-electron chi connectivity index (χ3n) is 3.23. The van der Waals surface area contributed by atoms with Crippen molar-refractivity contribution in [2.45, 2.75) is 13.5 Å². The van der Waals surface area contributed by atoms with Gasteiger partial charge in [0.15, 0.2) is 0 Å². The largest absolute Gasteiger partial charge is 0.399 e. The Morgan fingerprint density at radius 1 is 1.40 bits per heavy atom. The molecule has 108 valence electrons. The van der Waals surface area contributed by atoms with Crippen LogP contribution in [0.4, 0.5) is 5.69 Å². The number of carbonyl (C=O) groups is 1. The number of nitrogens with one attached hydrogen (secondary N) is 1. The molecule has 0 saturated heterocycles. The van der Waals surface area contributed by atoms with E-state index in [4.69, 9.17) is 5.73 Å². The van der Waals surface area contributed by atoms with Gasteiger partial charge in [0.25, 0.3) is 0 Å². The Hall–Kier alpha value is -2.08. The topological polar surface area (TPSA) is 78.2 Å². The number of rotatable bonds is 5. The van der Waals surface area contributed by atoms with Gasteiger partial charge in [-0.3, -0.25) is 9.69 Å². The summed E-state index contributed by atoms with van der Waals surface area (Å²) in [5.41, 5.74) is 8.28. The van der Waals surface area contributed by atoms with Crippen molar-refractivity contribution in [3.05, 3.63) is 24.0 Å².